The van der Waals surface area contributed by atoms with Gasteiger partial charge in [-0.05, 0) is 37.1 Å². The summed E-state index contributed by atoms with van der Waals surface area (Å²) in [4.78, 5) is 22.0. The van der Waals surface area contributed by atoms with E-state index in [0.717, 1.165) is 44.7 Å². The van der Waals surface area contributed by atoms with E-state index in [-0.39, 0.29) is 5.92 Å². The van der Waals surface area contributed by atoms with Gasteiger partial charge in [-0.15, -0.1) is 0 Å². The van der Waals surface area contributed by atoms with E-state index in [2.05, 4.69) is 23.5 Å². The lowest BCUT2D eigenvalue weighted by molar-refractivity contribution is -0.136. The minimum absolute atomic E-state index is 0.0863. The first-order valence-electron chi connectivity index (χ1n) is 7.56. The lowest BCUT2D eigenvalue weighted by Crippen LogP contribution is -2.49. The number of amides is 1. The molecule has 0 aromatic heterocycles. The first kappa shape index (κ1) is 14.4. The lowest BCUT2D eigenvalue weighted by Gasteiger charge is -2.34. The third-order valence-electron chi connectivity index (χ3n) is 4.57. The van der Waals surface area contributed by atoms with E-state index in [1.54, 1.807) is 7.11 Å². The maximum atomic E-state index is 12.7. The third-order valence-corrected chi connectivity index (χ3v) is 4.57. The van der Waals surface area contributed by atoms with Gasteiger partial charge in [0, 0.05) is 32.1 Å². The summed E-state index contributed by atoms with van der Waals surface area (Å²) in [7, 11) is 3.72. The molecular weight excluding hydrogens is 266 g/mol. The van der Waals surface area contributed by atoms with Crippen LogP contribution >= 0.6 is 0 Å². The molecule has 1 amide bonds. The molecule has 1 aliphatic heterocycles. The number of likely N-dealkylation sites (N-methyl/N-ethyl adjacent to an activating group) is 1. The number of rotatable bonds is 3. The molecular formula is C16H23N3O2. The number of hydrogen-bond donors (Lipinski definition) is 1. The van der Waals surface area contributed by atoms with E-state index in [9.17, 15) is 4.79 Å². The second-order valence-electron chi connectivity index (χ2n) is 5.98. The Morgan fingerprint density at radius 3 is 2.71 bits per heavy atom. The fourth-order valence-electron chi connectivity index (χ4n) is 3.32. The minimum Gasteiger partial charge on any atom is -0.340 e. The van der Waals surface area contributed by atoms with Crippen molar-refractivity contribution in [3.63, 3.8) is 0 Å². The highest BCUT2D eigenvalue weighted by molar-refractivity contribution is 5.81. The summed E-state index contributed by atoms with van der Waals surface area (Å²) in [6.07, 6.45) is 1.66. The normalized spacial score (nSPS) is 22.2. The van der Waals surface area contributed by atoms with Crippen molar-refractivity contribution in [1.29, 1.82) is 0 Å². The molecule has 2 aliphatic rings. The topological polar surface area (TPSA) is 44.8 Å². The minimum atomic E-state index is 0.0863. The lowest BCUT2D eigenvalue weighted by atomic mass is 10.0. The van der Waals surface area contributed by atoms with Gasteiger partial charge in [-0.25, -0.2) is 0 Å². The van der Waals surface area contributed by atoms with Crippen LogP contribution in [0.3, 0.4) is 0 Å². The number of carbonyl (C=O) groups excluding carboxylic acids is 1. The van der Waals surface area contributed by atoms with Crippen molar-refractivity contribution in [2.24, 2.45) is 5.92 Å². The highest BCUT2D eigenvalue weighted by Gasteiger charge is 2.32. The molecule has 1 unspecified atom stereocenters. The quantitative estimate of drug-likeness (QED) is 0.848. The average Bonchev–Trinajstić information content (AvgIpc) is 2.93. The zero-order valence-electron chi connectivity index (χ0n) is 12.8. The van der Waals surface area contributed by atoms with E-state index in [1.165, 1.54) is 11.1 Å². The van der Waals surface area contributed by atoms with Crippen molar-refractivity contribution in [2.45, 2.75) is 12.8 Å². The summed E-state index contributed by atoms with van der Waals surface area (Å²) < 4.78 is 0. The molecule has 0 bridgehead atoms. The van der Waals surface area contributed by atoms with Crippen LogP contribution in [0, 0.1) is 5.92 Å². The molecule has 5 heteroatoms. The van der Waals surface area contributed by atoms with E-state index in [1.807, 2.05) is 17.0 Å². The van der Waals surface area contributed by atoms with E-state index < -0.39 is 0 Å². The molecule has 3 rings (SSSR count). The fourth-order valence-corrected chi connectivity index (χ4v) is 3.32. The van der Waals surface area contributed by atoms with Gasteiger partial charge in [0.05, 0.1) is 12.8 Å². The fraction of sp³-hybridized carbons (Fsp3) is 0.562. The van der Waals surface area contributed by atoms with Gasteiger partial charge >= 0.3 is 0 Å². The molecule has 1 aromatic rings. The standard InChI is InChI=1S/C16H23N3O2/c1-18-6-8-19(9-7-18)16(20)13-10-12-4-3-5-15(17-21-2)14(12)11-13/h3-5,13,17H,6-11H2,1-2H3. The van der Waals surface area contributed by atoms with Crippen molar-refractivity contribution < 1.29 is 9.63 Å². The summed E-state index contributed by atoms with van der Waals surface area (Å²) in [6, 6.07) is 6.14. The van der Waals surface area contributed by atoms with E-state index in [4.69, 9.17) is 4.84 Å². The average molecular weight is 289 g/mol. The number of nitrogens with zero attached hydrogens (tertiary/aromatic N) is 2. The predicted octanol–water partition coefficient (Wildman–Crippen LogP) is 1.15. The van der Waals surface area contributed by atoms with Gasteiger partial charge in [-0.2, -0.15) is 0 Å². The Kier molecular flexibility index (Phi) is 4.12. The molecule has 1 N–H and O–H groups in total. The van der Waals surface area contributed by atoms with Gasteiger partial charge in [-0.3, -0.25) is 15.1 Å². The van der Waals surface area contributed by atoms with Crippen molar-refractivity contribution in [3.05, 3.63) is 29.3 Å². The molecule has 5 nitrogen and oxygen atoms in total. The van der Waals surface area contributed by atoms with Crippen LogP contribution in [-0.2, 0) is 22.5 Å². The van der Waals surface area contributed by atoms with Crippen molar-refractivity contribution in [3.8, 4) is 0 Å². The molecule has 0 spiro atoms. The van der Waals surface area contributed by atoms with Crippen LogP contribution in [0.5, 0.6) is 0 Å². The van der Waals surface area contributed by atoms with Crippen molar-refractivity contribution >= 4 is 11.6 Å². The van der Waals surface area contributed by atoms with Crippen molar-refractivity contribution in [2.75, 3.05) is 45.8 Å². The first-order chi connectivity index (χ1) is 10.2. The van der Waals surface area contributed by atoms with Crippen LogP contribution in [0.15, 0.2) is 18.2 Å². The van der Waals surface area contributed by atoms with E-state index in [0.29, 0.717) is 5.91 Å². The van der Waals surface area contributed by atoms with Gasteiger partial charge in [-0.1, -0.05) is 12.1 Å². The Labute approximate surface area is 125 Å². The van der Waals surface area contributed by atoms with Crippen molar-refractivity contribution in [1.82, 2.24) is 9.80 Å². The molecule has 114 valence electrons. The van der Waals surface area contributed by atoms with Gasteiger partial charge in [0.2, 0.25) is 5.91 Å². The SMILES string of the molecule is CONc1cccc2c1CC(C(=O)N1CCN(C)CC1)C2. The zero-order chi connectivity index (χ0) is 14.8. The molecule has 21 heavy (non-hydrogen) atoms. The smallest absolute Gasteiger partial charge is 0.226 e. The number of fused-ring (bicyclic) bond motifs is 1. The molecule has 1 atom stereocenters. The number of piperazine rings is 1. The van der Waals surface area contributed by atoms with Crippen LogP contribution in [-0.4, -0.2) is 56.0 Å². The summed E-state index contributed by atoms with van der Waals surface area (Å²) in [5.74, 6) is 0.394. The Morgan fingerprint density at radius 2 is 2.00 bits per heavy atom. The molecule has 1 saturated heterocycles. The molecule has 0 radical (unpaired) electrons. The van der Waals surface area contributed by atoms with Gasteiger partial charge in [0.25, 0.3) is 0 Å². The summed E-state index contributed by atoms with van der Waals surface area (Å²) in [5, 5.41) is 0. The van der Waals surface area contributed by atoms with Crippen LogP contribution < -0.4 is 5.48 Å². The van der Waals surface area contributed by atoms with Gasteiger partial charge in [0.15, 0.2) is 0 Å². The molecule has 1 heterocycles. The third kappa shape index (κ3) is 2.89. The number of nitrogens with one attached hydrogen (secondary N) is 1. The number of benzene rings is 1. The second kappa shape index (κ2) is 6.03. The largest absolute Gasteiger partial charge is 0.340 e. The summed E-state index contributed by atoms with van der Waals surface area (Å²) in [6.45, 7) is 3.65. The van der Waals surface area contributed by atoms with Crippen LogP contribution in [0.2, 0.25) is 0 Å². The molecule has 0 saturated carbocycles. The first-order valence-corrected chi connectivity index (χ1v) is 7.56. The second-order valence-corrected chi connectivity index (χ2v) is 5.98. The molecule has 1 aromatic carbocycles. The highest BCUT2D eigenvalue weighted by atomic mass is 16.6. The zero-order valence-corrected chi connectivity index (χ0v) is 12.8. The predicted molar refractivity (Wildman–Crippen MR) is 82.0 cm³/mol. The Balaban J connectivity index is 1.69. The number of hydrogen-bond acceptors (Lipinski definition) is 4. The van der Waals surface area contributed by atoms with Gasteiger partial charge < -0.3 is 9.80 Å². The Bertz CT molecular complexity index is 524. The summed E-state index contributed by atoms with van der Waals surface area (Å²) in [5.41, 5.74) is 6.41. The highest BCUT2D eigenvalue weighted by Crippen LogP contribution is 2.33. The molecule has 1 fully saturated rings. The number of carbonyl (C=O) groups is 1. The van der Waals surface area contributed by atoms with Gasteiger partial charge in [0.1, 0.15) is 0 Å². The van der Waals surface area contributed by atoms with E-state index >= 15 is 0 Å². The Hall–Kier alpha value is -1.59. The molecule has 1 aliphatic carbocycles. The Morgan fingerprint density at radius 1 is 1.24 bits per heavy atom. The van der Waals surface area contributed by atoms with Crippen LogP contribution in [0.25, 0.3) is 0 Å². The summed E-state index contributed by atoms with van der Waals surface area (Å²) >= 11 is 0. The maximum Gasteiger partial charge on any atom is 0.226 e. The van der Waals surface area contributed by atoms with Crippen LogP contribution in [0.1, 0.15) is 11.1 Å². The van der Waals surface area contributed by atoms with Crippen LogP contribution in [0.4, 0.5) is 5.69 Å². The monoisotopic (exact) mass is 289 g/mol. The number of anilines is 1. The maximum absolute atomic E-state index is 12.7.